The fourth-order valence-electron chi connectivity index (χ4n) is 3.72. The number of nitrogens with one attached hydrogen (secondary N) is 1. The number of nitrogens with zero attached hydrogens (tertiary/aromatic N) is 1. The van der Waals surface area contributed by atoms with E-state index in [1.54, 1.807) is 48.5 Å². The highest BCUT2D eigenvalue weighted by Gasteiger charge is 2.36. The first-order valence-electron chi connectivity index (χ1n) is 9.86. The van der Waals surface area contributed by atoms with E-state index in [1.807, 2.05) is 18.2 Å². The van der Waals surface area contributed by atoms with E-state index in [1.165, 1.54) is 0 Å². The molecule has 1 N–H and O–H groups in total. The van der Waals surface area contributed by atoms with Crippen LogP contribution in [0.4, 0.5) is 11.4 Å². The lowest BCUT2D eigenvalue weighted by molar-refractivity contribution is -0.116. The van der Waals surface area contributed by atoms with Gasteiger partial charge < -0.3 is 14.8 Å². The summed E-state index contributed by atoms with van der Waals surface area (Å²) in [6.07, 6.45) is 0.817. The zero-order valence-electron chi connectivity index (χ0n) is 16.5. The van der Waals surface area contributed by atoms with Gasteiger partial charge in [-0.25, -0.2) is 4.90 Å². The number of rotatable bonds is 5. The normalized spacial score (nSPS) is 14.0. The molecular formula is C24H18N2O5. The molecule has 31 heavy (non-hydrogen) atoms. The Morgan fingerprint density at radius 1 is 0.871 bits per heavy atom. The molecule has 7 nitrogen and oxygen atoms in total. The minimum Gasteiger partial charge on any atom is -0.454 e. The van der Waals surface area contributed by atoms with Crippen molar-refractivity contribution in [2.24, 2.45) is 0 Å². The second-order valence-electron chi connectivity index (χ2n) is 7.28. The lowest BCUT2D eigenvalue weighted by Gasteiger charge is -2.15. The summed E-state index contributed by atoms with van der Waals surface area (Å²) in [5.41, 5.74) is 2.67. The molecule has 2 aliphatic rings. The highest BCUT2D eigenvalue weighted by Crippen LogP contribution is 2.33. The van der Waals surface area contributed by atoms with Crippen LogP contribution in [0.5, 0.6) is 11.5 Å². The Balaban J connectivity index is 1.26. The van der Waals surface area contributed by atoms with Crippen LogP contribution in [0.15, 0.2) is 66.7 Å². The molecule has 0 saturated carbocycles. The van der Waals surface area contributed by atoms with E-state index in [9.17, 15) is 14.4 Å². The maximum absolute atomic E-state index is 12.7. The van der Waals surface area contributed by atoms with Crippen LogP contribution in [-0.2, 0) is 11.2 Å². The highest BCUT2D eigenvalue weighted by atomic mass is 16.7. The number of imide groups is 1. The zero-order valence-corrected chi connectivity index (χ0v) is 16.5. The smallest absolute Gasteiger partial charge is 0.266 e. The SMILES string of the molecule is O=C(CCc1ccc2c(c1)OCO2)Nc1cccc(N2C(=O)c3ccccc3C2=O)c1. The monoisotopic (exact) mass is 414 g/mol. The molecular weight excluding hydrogens is 396 g/mol. The van der Waals surface area contributed by atoms with Crippen molar-refractivity contribution >= 4 is 29.1 Å². The number of carbonyl (C=O) groups excluding carboxylic acids is 3. The molecule has 2 heterocycles. The number of aryl methyl sites for hydroxylation is 1. The standard InChI is InChI=1S/C24H18N2O5/c27-22(11-9-15-8-10-20-21(12-15)31-14-30-20)25-16-4-3-5-17(13-16)26-23(28)18-6-1-2-7-19(18)24(26)29/h1-8,10,12-13H,9,11,14H2,(H,25,27). The van der Waals surface area contributed by atoms with Gasteiger partial charge in [0.1, 0.15) is 0 Å². The molecule has 2 aliphatic heterocycles. The minimum atomic E-state index is -0.369. The maximum atomic E-state index is 12.7. The molecule has 0 bridgehead atoms. The Morgan fingerprint density at radius 3 is 2.39 bits per heavy atom. The molecule has 7 heteroatoms. The van der Waals surface area contributed by atoms with Gasteiger partial charge in [-0.2, -0.15) is 0 Å². The van der Waals surface area contributed by atoms with Crippen molar-refractivity contribution in [3.8, 4) is 11.5 Å². The van der Waals surface area contributed by atoms with Gasteiger partial charge in [0.05, 0.1) is 16.8 Å². The van der Waals surface area contributed by atoms with E-state index in [4.69, 9.17) is 9.47 Å². The number of hydrogen-bond donors (Lipinski definition) is 1. The average Bonchev–Trinajstić information content (AvgIpc) is 3.35. The number of hydrogen-bond acceptors (Lipinski definition) is 5. The third-order valence-corrected chi connectivity index (χ3v) is 5.26. The molecule has 0 aromatic heterocycles. The Kier molecular flexibility index (Phi) is 4.63. The number of benzene rings is 3. The predicted octanol–water partition coefficient (Wildman–Crippen LogP) is 3.79. The molecule has 0 fully saturated rings. The van der Waals surface area contributed by atoms with E-state index in [-0.39, 0.29) is 30.9 Å². The van der Waals surface area contributed by atoms with E-state index in [2.05, 4.69) is 5.32 Å². The van der Waals surface area contributed by atoms with Gasteiger partial charge in [0, 0.05) is 12.1 Å². The molecule has 3 aromatic rings. The lowest BCUT2D eigenvalue weighted by Crippen LogP contribution is -2.29. The summed E-state index contributed by atoms with van der Waals surface area (Å²) in [6, 6.07) is 19.1. The van der Waals surface area contributed by atoms with Crippen LogP contribution in [0.2, 0.25) is 0 Å². The molecule has 3 amide bonds. The highest BCUT2D eigenvalue weighted by molar-refractivity contribution is 6.34. The van der Waals surface area contributed by atoms with Crippen molar-refractivity contribution in [3.05, 3.63) is 83.4 Å². The van der Waals surface area contributed by atoms with Crippen molar-refractivity contribution in [1.82, 2.24) is 0 Å². The van der Waals surface area contributed by atoms with E-state index >= 15 is 0 Å². The van der Waals surface area contributed by atoms with Gasteiger partial charge in [0.25, 0.3) is 11.8 Å². The van der Waals surface area contributed by atoms with Crippen molar-refractivity contribution in [3.63, 3.8) is 0 Å². The maximum Gasteiger partial charge on any atom is 0.266 e. The van der Waals surface area contributed by atoms with Crippen molar-refractivity contribution in [1.29, 1.82) is 0 Å². The summed E-state index contributed by atoms with van der Waals surface area (Å²) < 4.78 is 10.7. The van der Waals surface area contributed by atoms with Gasteiger partial charge in [-0.1, -0.05) is 24.3 Å². The lowest BCUT2D eigenvalue weighted by atomic mass is 10.1. The Bertz CT molecular complexity index is 1190. The summed E-state index contributed by atoms with van der Waals surface area (Å²) in [5, 5.41) is 2.84. The van der Waals surface area contributed by atoms with Crippen LogP contribution < -0.4 is 19.7 Å². The van der Waals surface area contributed by atoms with Crippen LogP contribution in [0, 0.1) is 0 Å². The second kappa shape index (κ2) is 7.60. The third-order valence-electron chi connectivity index (χ3n) is 5.26. The first kappa shape index (κ1) is 18.9. The first-order valence-corrected chi connectivity index (χ1v) is 9.86. The van der Waals surface area contributed by atoms with Gasteiger partial charge in [0.15, 0.2) is 11.5 Å². The molecule has 154 valence electrons. The molecule has 0 radical (unpaired) electrons. The van der Waals surface area contributed by atoms with Crippen LogP contribution in [0.1, 0.15) is 32.7 Å². The quantitative estimate of drug-likeness (QED) is 0.642. The number of carbonyl (C=O) groups is 3. The second-order valence-corrected chi connectivity index (χ2v) is 7.28. The van der Waals surface area contributed by atoms with E-state index < -0.39 is 0 Å². The van der Waals surface area contributed by atoms with Crippen molar-refractivity contribution in [2.45, 2.75) is 12.8 Å². The van der Waals surface area contributed by atoms with Gasteiger partial charge in [-0.05, 0) is 54.4 Å². The molecule has 5 rings (SSSR count). The fraction of sp³-hybridized carbons (Fsp3) is 0.125. The minimum absolute atomic E-state index is 0.169. The fourth-order valence-corrected chi connectivity index (χ4v) is 3.72. The van der Waals surface area contributed by atoms with Crippen molar-refractivity contribution < 1.29 is 23.9 Å². The van der Waals surface area contributed by atoms with E-state index in [0.29, 0.717) is 40.4 Å². The number of ether oxygens (including phenoxy) is 2. The summed E-state index contributed by atoms with van der Waals surface area (Å²) in [7, 11) is 0. The van der Waals surface area contributed by atoms with Crippen LogP contribution >= 0.6 is 0 Å². The van der Waals surface area contributed by atoms with Gasteiger partial charge in [-0.3, -0.25) is 14.4 Å². The number of anilines is 2. The van der Waals surface area contributed by atoms with Gasteiger partial charge in [-0.15, -0.1) is 0 Å². The molecule has 0 unspecified atom stereocenters. The third kappa shape index (κ3) is 3.50. The van der Waals surface area contributed by atoms with Gasteiger partial charge >= 0.3 is 0 Å². The zero-order chi connectivity index (χ0) is 21.4. The molecule has 0 aliphatic carbocycles. The Labute approximate surface area is 178 Å². The molecule has 0 saturated heterocycles. The van der Waals surface area contributed by atoms with Crippen LogP contribution in [0.3, 0.4) is 0 Å². The molecule has 0 atom stereocenters. The summed E-state index contributed by atoms with van der Waals surface area (Å²) in [4.78, 5) is 38.9. The van der Waals surface area contributed by atoms with Crippen LogP contribution in [0.25, 0.3) is 0 Å². The van der Waals surface area contributed by atoms with Crippen LogP contribution in [-0.4, -0.2) is 24.5 Å². The predicted molar refractivity (Wildman–Crippen MR) is 114 cm³/mol. The average molecular weight is 414 g/mol. The summed E-state index contributed by atoms with van der Waals surface area (Å²) in [5.74, 6) is 0.487. The van der Waals surface area contributed by atoms with Gasteiger partial charge in [0.2, 0.25) is 12.7 Å². The summed E-state index contributed by atoms with van der Waals surface area (Å²) >= 11 is 0. The van der Waals surface area contributed by atoms with E-state index in [0.717, 1.165) is 10.5 Å². The largest absolute Gasteiger partial charge is 0.454 e. The number of amides is 3. The first-order chi connectivity index (χ1) is 15.1. The Hall–Kier alpha value is -4.13. The topological polar surface area (TPSA) is 84.9 Å². The Morgan fingerprint density at radius 2 is 1.61 bits per heavy atom. The molecule has 3 aromatic carbocycles. The summed E-state index contributed by atoms with van der Waals surface area (Å²) in [6.45, 7) is 0.211. The van der Waals surface area contributed by atoms with Crippen molar-refractivity contribution in [2.75, 3.05) is 17.0 Å². The number of fused-ring (bicyclic) bond motifs is 2. The molecule has 0 spiro atoms.